The molecule has 1 rings (SSSR count). The fourth-order valence-electron chi connectivity index (χ4n) is 2.19. The Hall–Kier alpha value is -1.55. The van der Waals surface area contributed by atoms with Gasteiger partial charge in [0.1, 0.15) is 19.0 Å². The first kappa shape index (κ1) is 18.5. The number of hydrogen-bond acceptors (Lipinski definition) is 3. The minimum Gasteiger partial charge on any atom is -0.491 e. The lowest BCUT2D eigenvalue weighted by Crippen LogP contribution is -2.12. The van der Waals surface area contributed by atoms with Gasteiger partial charge in [0.15, 0.2) is 0 Å². The molecule has 0 saturated heterocycles. The highest BCUT2D eigenvalue weighted by Crippen LogP contribution is 2.15. The standard InChI is InChI=1S/C18H28O4/c1-15(2)6-4-3-5-7-16-8-10-17(11-9-16)22-13-12-21-14-18(19)20/h8-11,15H,3-7,12-14H2,1-2H3,(H,19,20). The number of benzene rings is 1. The quantitative estimate of drug-likeness (QED) is 0.594. The smallest absolute Gasteiger partial charge is 0.329 e. The van der Waals surface area contributed by atoms with Gasteiger partial charge in [0, 0.05) is 0 Å². The van der Waals surface area contributed by atoms with Gasteiger partial charge in [-0.3, -0.25) is 0 Å². The van der Waals surface area contributed by atoms with E-state index < -0.39 is 5.97 Å². The average Bonchev–Trinajstić information content (AvgIpc) is 2.47. The fourth-order valence-corrected chi connectivity index (χ4v) is 2.19. The number of aliphatic carboxylic acids is 1. The van der Waals surface area contributed by atoms with E-state index in [1.54, 1.807) is 0 Å². The second kappa shape index (κ2) is 11.1. The summed E-state index contributed by atoms with van der Waals surface area (Å²) in [6.07, 6.45) is 6.26. The Kier molecular flexibility index (Phi) is 9.31. The van der Waals surface area contributed by atoms with Crippen molar-refractivity contribution in [3.63, 3.8) is 0 Å². The number of carboxylic acid groups (broad SMARTS) is 1. The Morgan fingerprint density at radius 2 is 1.82 bits per heavy atom. The van der Waals surface area contributed by atoms with Crippen LogP contribution in [0.25, 0.3) is 0 Å². The van der Waals surface area contributed by atoms with Crippen LogP contribution in [0.2, 0.25) is 0 Å². The van der Waals surface area contributed by atoms with Crippen LogP contribution >= 0.6 is 0 Å². The first-order valence-electron chi connectivity index (χ1n) is 8.09. The van der Waals surface area contributed by atoms with E-state index in [0.29, 0.717) is 6.61 Å². The molecule has 0 aliphatic heterocycles. The summed E-state index contributed by atoms with van der Waals surface area (Å²) in [6.45, 7) is 4.90. The highest BCUT2D eigenvalue weighted by molar-refractivity contribution is 5.67. The van der Waals surface area contributed by atoms with Crippen LogP contribution in [-0.2, 0) is 16.0 Å². The summed E-state index contributed by atoms with van der Waals surface area (Å²) in [6, 6.07) is 8.10. The summed E-state index contributed by atoms with van der Waals surface area (Å²) in [5.74, 6) is 0.635. The Balaban J connectivity index is 2.13. The van der Waals surface area contributed by atoms with Crippen LogP contribution in [-0.4, -0.2) is 30.9 Å². The number of rotatable bonds is 12. The van der Waals surface area contributed by atoms with Gasteiger partial charge in [0.05, 0.1) is 6.61 Å². The van der Waals surface area contributed by atoms with Crippen molar-refractivity contribution in [3.8, 4) is 5.75 Å². The highest BCUT2D eigenvalue weighted by atomic mass is 16.5. The van der Waals surface area contributed by atoms with Gasteiger partial charge in [-0.05, 0) is 36.5 Å². The van der Waals surface area contributed by atoms with Gasteiger partial charge < -0.3 is 14.6 Å². The number of ether oxygens (including phenoxy) is 2. The largest absolute Gasteiger partial charge is 0.491 e. The van der Waals surface area contributed by atoms with Crippen LogP contribution in [0.15, 0.2) is 24.3 Å². The van der Waals surface area contributed by atoms with E-state index in [4.69, 9.17) is 14.6 Å². The molecule has 0 heterocycles. The van der Waals surface area contributed by atoms with Crippen molar-refractivity contribution in [2.75, 3.05) is 19.8 Å². The Morgan fingerprint density at radius 1 is 1.09 bits per heavy atom. The molecule has 1 N–H and O–H groups in total. The van der Waals surface area contributed by atoms with Crippen molar-refractivity contribution in [2.45, 2.75) is 46.0 Å². The molecule has 0 aliphatic carbocycles. The van der Waals surface area contributed by atoms with Crippen LogP contribution < -0.4 is 4.74 Å². The highest BCUT2D eigenvalue weighted by Gasteiger charge is 1.99. The molecule has 0 fully saturated rings. The Bertz CT molecular complexity index is 412. The number of aryl methyl sites for hydroxylation is 1. The predicted molar refractivity (Wildman–Crippen MR) is 87.4 cm³/mol. The van der Waals surface area contributed by atoms with E-state index in [2.05, 4.69) is 26.0 Å². The molecule has 0 bridgehead atoms. The van der Waals surface area contributed by atoms with Gasteiger partial charge in [-0.15, -0.1) is 0 Å². The van der Waals surface area contributed by atoms with Gasteiger partial charge in [-0.25, -0.2) is 4.79 Å². The summed E-state index contributed by atoms with van der Waals surface area (Å²) >= 11 is 0. The van der Waals surface area contributed by atoms with E-state index in [0.717, 1.165) is 18.1 Å². The van der Waals surface area contributed by atoms with Crippen molar-refractivity contribution in [1.29, 1.82) is 0 Å². The molecular formula is C18H28O4. The van der Waals surface area contributed by atoms with Gasteiger partial charge in [-0.1, -0.05) is 45.2 Å². The molecule has 4 nitrogen and oxygen atoms in total. The fraction of sp³-hybridized carbons (Fsp3) is 0.611. The molecule has 0 saturated carbocycles. The summed E-state index contributed by atoms with van der Waals surface area (Å²) in [5, 5.41) is 8.43. The van der Waals surface area contributed by atoms with Crippen LogP contribution in [0.3, 0.4) is 0 Å². The molecule has 0 aliphatic rings. The van der Waals surface area contributed by atoms with Crippen LogP contribution in [0.4, 0.5) is 0 Å². The summed E-state index contributed by atoms with van der Waals surface area (Å²) < 4.78 is 10.4. The molecule has 0 spiro atoms. The number of unbranched alkanes of at least 4 members (excludes halogenated alkanes) is 2. The zero-order valence-electron chi connectivity index (χ0n) is 13.7. The van der Waals surface area contributed by atoms with Crippen LogP contribution in [0.5, 0.6) is 5.75 Å². The van der Waals surface area contributed by atoms with Gasteiger partial charge in [0.25, 0.3) is 0 Å². The molecule has 0 amide bonds. The average molecular weight is 308 g/mol. The monoisotopic (exact) mass is 308 g/mol. The molecule has 0 radical (unpaired) electrons. The molecule has 0 unspecified atom stereocenters. The number of hydrogen-bond donors (Lipinski definition) is 1. The number of carbonyl (C=O) groups is 1. The second-order valence-electron chi connectivity index (χ2n) is 5.93. The minimum atomic E-state index is -0.960. The lowest BCUT2D eigenvalue weighted by atomic mass is 10.0. The summed E-state index contributed by atoms with van der Waals surface area (Å²) in [7, 11) is 0. The first-order valence-corrected chi connectivity index (χ1v) is 8.09. The van der Waals surface area contributed by atoms with Gasteiger partial charge >= 0.3 is 5.97 Å². The van der Waals surface area contributed by atoms with Crippen molar-refractivity contribution >= 4 is 5.97 Å². The SMILES string of the molecule is CC(C)CCCCCc1ccc(OCCOCC(=O)O)cc1. The van der Waals surface area contributed by atoms with Crippen molar-refractivity contribution in [1.82, 2.24) is 0 Å². The zero-order chi connectivity index (χ0) is 16.2. The van der Waals surface area contributed by atoms with E-state index in [1.807, 2.05) is 12.1 Å². The molecule has 1 aromatic carbocycles. The second-order valence-corrected chi connectivity index (χ2v) is 5.93. The summed E-state index contributed by atoms with van der Waals surface area (Å²) in [5.41, 5.74) is 1.33. The van der Waals surface area contributed by atoms with Crippen LogP contribution in [0, 0.1) is 5.92 Å². The molecular weight excluding hydrogens is 280 g/mol. The molecule has 1 aromatic rings. The maximum Gasteiger partial charge on any atom is 0.329 e. The molecule has 124 valence electrons. The minimum absolute atomic E-state index is 0.279. The Morgan fingerprint density at radius 3 is 2.45 bits per heavy atom. The maximum absolute atomic E-state index is 10.3. The maximum atomic E-state index is 10.3. The lowest BCUT2D eigenvalue weighted by Gasteiger charge is -2.08. The van der Waals surface area contributed by atoms with E-state index in [-0.39, 0.29) is 13.2 Å². The summed E-state index contributed by atoms with van der Waals surface area (Å²) in [4.78, 5) is 10.3. The third-order valence-electron chi connectivity index (χ3n) is 3.39. The third-order valence-corrected chi connectivity index (χ3v) is 3.39. The topological polar surface area (TPSA) is 55.8 Å². The van der Waals surface area contributed by atoms with Gasteiger partial charge in [-0.2, -0.15) is 0 Å². The third kappa shape index (κ3) is 9.40. The van der Waals surface area contributed by atoms with Crippen LogP contribution in [0.1, 0.15) is 45.1 Å². The number of carboxylic acids is 1. The van der Waals surface area contributed by atoms with Crippen molar-refractivity contribution in [2.24, 2.45) is 5.92 Å². The predicted octanol–water partition coefficient (Wildman–Crippen LogP) is 3.93. The molecule has 0 aromatic heterocycles. The van der Waals surface area contributed by atoms with Gasteiger partial charge in [0.2, 0.25) is 0 Å². The van der Waals surface area contributed by atoms with E-state index in [1.165, 1.54) is 31.2 Å². The lowest BCUT2D eigenvalue weighted by molar-refractivity contribution is -0.142. The molecule has 0 atom stereocenters. The molecule has 4 heteroatoms. The van der Waals surface area contributed by atoms with E-state index in [9.17, 15) is 4.79 Å². The zero-order valence-corrected chi connectivity index (χ0v) is 13.7. The Labute approximate surface area is 133 Å². The van der Waals surface area contributed by atoms with Crippen molar-refractivity contribution < 1.29 is 19.4 Å². The van der Waals surface area contributed by atoms with Crippen molar-refractivity contribution in [3.05, 3.63) is 29.8 Å². The normalized spacial score (nSPS) is 10.9. The molecule has 22 heavy (non-hydrogen) atoms. The van der Waals surface area contributed by atoms with E-state index >= 15 is 0 Å². The first-order chi connectivity index (χ1) is 10.6.